The van der Waals surface area contributed by atoms with Crippen molar-refractivity contribution < 1.29 is 13.9 Å². The number of anilines is 1. The van der Waals surface area contributed by atoms with E-state index in [-0.39, 0.29) is 18.3 Å². The number of aromatic nitrogens is 2. The van der Waals surface area contributed by atoms with E-state index in [1.165, 1.54) is 11.3 Å². The minimum absolute atomic E-state index is 0.218. The normalized spacial score (nSPS) is 10.9. The topological polar surface area (TPSA) is 77.2 Å². The van der Waals surface area contributed by atoms with Crippen LogP contribution in [-0.2, 0) is 6.61 Å². The van der Waals surface area contributed by atoms with E-state index < -0.39 is 0 Å². The van der Waals surface area contributed by atoms with E-state index in [2.05, 4.69) is 29.4 Å². The number of carbonyl (C=O) groups is 1. The Hall–Kier alpha value is -2.67. The summed E-state index contributed by atoms with van der Waals surface area (Å²) in [7, 11) is 0. The van der Waals surface area contributed by atoms with Crippen LogP contribution in [0, 0.1) is 0 Å². The first-order valence-electron chi connectivity index (χ1n) is 8.60. The van der Waals surface area contributed by atoms with Gasteiger partial charge in [0.1, 0.15) is 23.1 Å². The number of carbonyl (C=O) groups excluding carboxylic acids is 1. The van der Waals surface area contributed by atoms with Crippen LogP contribution in [0.25, 0.3) is 0 Å². The Balaban J connectivity index is 1.58. The van der Waals surface area contributed by atoms with Gasteiger partial charge in [-0.05, 0) is 37.1 Å². The minimum atomic E-state index is -0.344. The molecule has 0 saturated carbocycles. The first kappa shape index (κ1) is 18.1. The van der Waals surface area contributed by atoms with E-state index in [1.807, 2.05) is 30.3 Å². The Morgan fingerprint density at radius 2 is 1.92 bits per heavy atom. The molecule has 0 atom stereocenters. The number of ether oxygens (including phenoxy) is 1. The van der Waals surface area contributed by atoms with Crippen molar-refractivity contribution in [2.45, 2.75) is 39.2 Å². The van der Waals surface area contributed by atoms with E-state index in [0.29, 0.717) is 16.8 Å². The molecule has 0 unspecified atom stereocenters. The first-order valence-corrected chi connectivity index (χ1v) is 9.42. The van der Waals surface area contributed by atoms with E-state index in [0.717, 1.165) is 23.6 Å². The van der Waals surface area contributed by atoms with Crippen molar-refractivity contribution >= 4 is 22.4 Å². The molecule has 1 N–H and O–H groups in total. The van der Waals surface area contributed by atoms with Crippen LogP contribution in [0.2, 0.25) is 0 Å². The molecule has 1 amide bonds. The fraction of sp³-hybridized carbons (Fsp3) is 0.316. The molecule has 0 aliphatic heterocycles. The number of nitrogens with zero attached hydrogens (tertiary/aromatic N) is 2. The van der Waals surface area contributed by atoms with Gasteiger partial charge in [-0.2, -0.15) is 0 Å². The van der Waals surface area contributed by atoms with Crippen molar-refractivity contribution in [2.75, 3.05) is 5.32 Å². The van der Waals surface area contributed by atoms with Gasteiger partial charge in [0.15, 0.2) is 5.76 Å². The van der Waals surface area contributed by atoms with Crippen molar-refractivity contribution in [3.63, 3.8) is 0 Å². The van der Waals surface area contributed by atoms with Crippen LogP contribution in [0.4, 0.5) is 5.13 Å². The maximum Gasteiger partial charge on any atom is 0.293 e. The van der Waals surface area contributed by atoms with Crippen LogP contribution >= 0.6 is 11.3 Å². The van der Waals surface area contributed by atoms with Gasteiger partial charge >= 0.3 is 0 Å². The zero-order valence-corrected chi connectivity index (χ0v) is 15.6. The molecule has 0 aliphatic rings. The fourth-order valence-corrected chi connectivity index (χ4v) is 3.50. The third-order valence-electron chi connectivity index (χ3n) is 4.01. The second-order valence-electron chi connectivity index (χ2n) is 5.78. The van der Waals surface area contributed by atoms with Gasteiger partial charge in [0.05, 0.1) is 0 Å². The molecule has 6 nitrogen and oxygen atoms in total. The predicted octanol–water partition coefficient (Wildman–Crippen LogP) is 4.87. The maximum absolute atomic E-state index is 12.3. The van der Waals surface area contributed by atoms with E-state index in [1.54, 1.807) is 12.1 Å². The average Bonchev–Trinajstić information content (AvgIpc) is 3.32. The highest BCUT2D eigenvalue weighted by atomic mass is 32.1. The molecule has 26 heavy (non-hydrogen) atoms. The van der Waals surface area contributed by atoms with Crippen molar-refractivity contribution in [3.05, 3.63) is 59.0 Å². The van der Waals surface area contributed by atoms with Gasteiger partial charge in [-0.25, -0.2) is 0 Å². The van der Waals surface area contributed by atoms with E-state index >= 15 is 0 Å². The molecule has 0 saturated heterocycles. The molecule has 0 fully saturated rings. The average molecular weight is 371 g/mol. The monoisotopic (exact) mass is 371 g/mol. The number of para-hydroxylation sites is 1. The SMILES string of the molecule is CCC(CC)c1nnc(NC(=O)c2ccc(COc3ccccc3)o2)s1. The molecule has 0 radical (unpaired) electrons. The summed E-state index contributed by atoms with van der Waals surface area (Å²) in [5.74, 6) is 1.58. The second kappa shape index (κ2) is 8.62. The van der Waals surface area contributed by atoms with Crippen LogP contribution in [0.1, 0.15) is 53.9 Å². The van der Waals surface area contributed by atoms with Crippen LogP contribution < -0.4 is 10.1 Å². The number of furan rings is 1. The Labute approximate surface area is 156 Å². The van der Waals surface area contributed by atoms with Gasteiger partial charge in [0, 0.05) is 5.92 Å². The highest BCUT2D eigenvalue weighted by molar-refractivity contribution is 7.15. The van der Waals surface area contributed by atoms with Gasteiger partial charge < -0.3 is 9.15 Å². The Kier molecular flexibility index (Phi) is 6.01. The zero-order valence-electron chi connectivity index (χ0n) is 14.8. The number of benzene rings is 1. The zero-order chi connectivity index (χ0) is 18.4. The molecule has 2 heterocycles. The van der Waals surface area contributed by atoms with Crippen molar-refractivity contribution in [2.24, 2.45) is 0 Å². The lowest BCUT2D eigenvalue weighted by molar-refractivity contribution is 0.0992. The lowest BCUT2D eigenvalue weighted by Gasteiger charge is -2.05. The highest BCUT2D eigenvalue weighted by Crippen LogP contribution is 2.28. The Morgan fingerprint density at radius 1 is 1.15 bits per heavy atom. The lowest BCUT2D eigenvalue weighted by atomic mass is 10.1. The first-order chi connectivity index (χ1) is 12.7. The molecular formula is C19H21N3O3S. The summed E-state index contributed by atoms with van der Waals surface area (Å²) in [6, 6.07) is 12.8. The van der Waals surface area contributed by atoms with Crippen molar-refractivity contribution in [1.29, 1.82) is 0 Å². The fourth-order valence-electron chi connectivity index (χ4n) is 2.50. The van der Waals surface area contributed by atoms with Gasteiger partial charge in [-0.15, -0.1) is 10.2 Å². The van der Waals surface area contributed by atoms with Crippen LogP contribution in [0.5, 0.6) is 5.75 Å². The van der Waals surface area contributed by atoms with Gasteiger partial charge in [0.2, 0.25) is 5.13 Å². The number of rotatable bonds is 8. The lowest BCUT2D eigenvalue weighted by Crippen LogP contribution is -2.10. The summed E-state index contributed by atoms with van der Waals surface area (Å²) < 4.78 is 11.2. The number of amides is 1. The van der Waals surface area contributed by atoms with E-state index in [9.17, 15) is 4.79 Å². The summed E-state index contributed by atoms with van der Waals surface area (Å²) in [5, 5.41) is 12.4. The number of hydrogen-bond donors (Lipinski definition) is 1. The summed E-state index contributed by atoms with van der Waals surface area (Å²) in [4.78, 5) is 12.3. The summed E-state index contributed by atoms with van der Waals surface area (Å²) in [6.45, 7) is 4.50. The summed E-state index contributed by atoms with van der Waals surface area (Å²) >= 11 is 1.41. The second-order valence-corrected chi connectivity index (χ2v) is 6.79. The third-order valence-corrected chi connectivity index (χ3v) is 5.01. The molecule has 1 aromatic carbocycles. The molecule has 2 aromatic heterocycles. The largest absolute Gasteiger partial charge is 0.486 e. The Bertz CT molecular complexity index is 841. The molecule has 3 rings (SSSR count). The van der Waals surface area contributed by atoms with E-state index in [4.69, 9.17) is 9.15 Å². The molecule has 0 aliphatic carbocycles. The quantitative estimate of drug-likeness (QED) is 0.611. The molecule has 7 heteroatoms. The third kappa shape index (κ3) is 4.49. The van der Waals surface area contributed by atoms with Crippen LogP contribution in [0.15, 0.2) is 46.9 Å². The number of hydrogen-bond acceptors (Lipinski definition) is 6. The molecule has 0 spiro atoms. The molecule has 136 valence electrons. The molecule has 0 bridgehead atoms. The van der Waals surface area contributed by atoms with Gasteiger partial charge in [-0.1, -0.05) is 43.4 Å². The highest BCUT2D eigenvalue weighted by Gasteiger charge is 2.17. The summed E-state index contributed by atoms with van der Waals surface area (Å²) in [6.07, 6.45) is 2.00. The smallest absolute Gasteiger partial charge is 0.293 e. The maximum atomic E-state index is 12.3. The predicted molar refractivity (Wildman–Crippen MR) is 101 cm³/mol. The van der Waals surface area contributed by atoms with Gasteiger partial charge in [-0.3, -0.25) is 10.1 Å². The van der Waals surface area contributed by atoms with Crippen molar-refractivity contribution in [1.82, 2.24) is 10.2 Å². The molecule has 3 aromatic rings. The standard InChI is InChI=1S/C19H21N3O3S/c1-3-13(4-2)18-21-22-19(26-18)20-17(23)16-11-10-15(25-16)12-24-14-8-6-5-7-9-14/h5-11,13H,3-4,12H2,1-2H3,(H,20,22,23). The molecular weight excluding hydrogens is 350 g/mol. The minimum Gasteiger partial charge on any atom is -0.486 e. The Morgan fingerprint density at radius 3 is 2.65 bits per heavy atom. The van der Waals surface area contributed by atoms with Crippen molar-refractivity contribution in [3.8, 4) is 5.75 Å². The van der Waals surface area contributed by atoms with Crippen LogP contribution in [0.3, 0.4) is 0 Å². The number of nitrogens with one attached hydrogen (secondary N) is 1. The summed E-state index contributed by atoms with van der Waals surface area (Å²) in [5.41, 5.74) is 0. The van der Waals surface area contributed by atoms with Gasteiger partial charge in [0.25, 0.3) is 5.91 Å². The van der Waals surface area contributed by atoms with Crippen LogP contribution in [-0.4, -0.2) is 16.1 Å².